The number of hydrogen-bond acceptors (Lipinski definition) is 3. The third-order valence-corrected chi connectivity index (χ3v) is 2.68. The van der Waals surface area contributed by atoms with Gasteiger partial charge in [-0.05, 0) is 13.0 Å². The number of nitrogens with zero attached hydrogens (tertiary/aromatic N) is 2. The molecule has 14 heavy (non-hydrogen) atoms. The van der Waals surface area contributed by atoms with E-state index in [0.29, 0.717) is 12.5 Å². The van der Waals surface area contributed by atoms with Crippen LogP contribution in [0.4, 0.5) is 0 Å². The predicted octanol–water partition coefficient (Wildman–Crippen LogP) is 0.421. The van der Waals surface area contributed by atoms with Crippen LogP contribution in [0.3, 0.4) is 0 Å². The molecule has 1 aromatic rings. The van der Waals surface area contributed by atoms with Crippen molar-refractivity contribution in [3.05, 3.63) is 18.2 Å². The number of imidazole rings is 1. The van der Waals surface area contributed by atoms with Crippen molar-refractivity contribution in [3.63, 3.8) is 0 Å². The van der Waals surface area contributed by atoms with Crippen LogP contribution in [-0.4, -0.2) is 29.3 Å². The molecular formula is C10H17N3O. The van der Waals surface area contributed by atoms with Gasteiger partial charge in [0.1, 0.15) is 0 Å². The molecule has 0 spiro atoms. The molecule has 4 heteroatoms. The van der Waals surface area contributed by atoms with E-state index in [1.165, 1.54) is 12.1 Å². The van der Waals surface area contributed by atoms with Gasteiger partial charge in [-0.15, -0.1) is 0 Å². The van der Waals surface area contributed by atoms with Gasteiger partial charge in [-0.2, -0.15) is 0 Å². The molecule has 0 radical (unpaired) electrons. The van der Waals surface area contributed by atoms with Gasteiger partial charge in [-0.3, -0.25) is 0 Å². The normalized spacial score (nSPS) is 21.6. The number of ether oxygens (including phenoxy) is 1. The van der Waals surface area contributed by atoms with Crippen molar-refractivity contribution in [2.75, 3.05) is 19.8 Å². The lowest BCUT2D eigenvalue weighted by Gasteiger charge is -2.11. The first-order valence-electron chi connectivity index (χ1n) is 5.17. The van der Waals surface area contributed by atoms with Gasteiger partial charge in [0.05, 0.1) is 12.9 Å². The highest BCUT2D eigenvalue weighted by Crippen LogP contribution is 2.15. The van der Waals surface area contributed by atoms with E-state index in [1.54, 1.807) is 0 Å². The second kappa shape index (κ2) is 4.57. The molecule has 1 atom stereocenters. The minimum absolute atomic E-state index is 0.653. The number of aromatic nitrogens is 2. The summed E-state index contributed by atoms with van der Waals surface area (Å²) in [5, 5.41) is 0. The first kappa shape index (κ1) is 9.68. The molecule has 0 amide bonds. The molecule has 1 aromatic heterocycles. The van der Waals surface area contributed by atoms with E-state index < -0.39 is 0 Å². The van der Waals surface area contributed by atoms with Crippen molar-refractivity contribution in [2.45, 2.75) is 19.4 Å². The van der Waals surface area contributed by atoms with E-state index in [2.05, 4.69) is 9.55 Å². The van der Waals surface area contributed by atoms with Gasteiger partial charge >= 0.3 is 0 Å². The minimum atomic E-state index is 0.653. The summed E-state index contributed by atoms with van der Waals surface area (Å²) in [5.41, 5.74) is 6.77. The summed E-state index contributed by atoms with van der Waals surface area (Å²) in [4.78, 5) is 4.15. The summed E-state index contributed by atoms with van der Waals surface area (Å²) in [6, 6.07) is 0. The highest BCUT2D eigenvalue weighted by atomic mass is 16.5. The molecule has 0 aromatic carbocycles. The fourth-order valence-corrected chi connectivity index (χ4v) is 1.87. The van der Waals surface area contributed by atoms with Gasteiger partial charge in [0.25, 0.3) is 0 Å². The Labute approximate surface area is 84.1 Å². The van der Waals surface area contributed by atoms with Crippen LogP contribution in [0.15, 0.2) is 12.5 Å². The Bertz CT molecular complexity index is 279. The zero-order chi connectivity index (χ0) is 9.80. The number of nitrogens with two attached hydrogens (primary N) is 1. The first-order valence-corrected chi connectivity index (χ1v) is 5.17. The Morgan fingerprint density at radius 1 is 1.64 bits per heavy atom. The molecule has 78 valence electrons. The fourth-order valence-electron chi connectivity index (χ4n) is 1.87. The van der Waals surface area contributed by atoms with Gasteiger partial charge in [-0.25, -0.2) is 4.98 Å². The van der Waals surface area contributed by atoms with Crippen molar-refractivity contribution >= 4 is 0 Å². The molecule has 1 fully saturated rings. The highest BCUT2D eigenvalue weighted by molar-refractivity contribution is 4.99. The highest BCUT2D eigenvalue weighted by Gasteiger charge is 2.16. The molecule has 2 rings (SSSR count). The van der Waals surface area contributed by atoms with Crippen LogP contribution in [0.2, 0.25) is 0 Å². The second-order valence-corrected chi connectivity index (χ2v) is 3.81. The van der Waals surface area contributed by atoms with Crippen LogP contribution in [0.25, 0.3) is 0 Å². The maximum Gasteiger partial charge on any atom is 0.0948 e. The van der Waals surface area contributed by atoms with Crippen LogP contribution >= 0.6 is 0 Å². The summed E-state index contributed by atoms with van der Waals surface area (Å²) < 4.78 is 7.55. The van der Waals surface area contributed by atoms with Crippen LogP contribution in [0, 0.1) is 5.92 Å². The lowest BCUT2D eigenvalue weighted by Crippen LogP contribution is -2.14. The molecular weight excluding hydrogens is 178 g/mol. The lowest BCUT2D eigenvalue weighted by molar-refractivity contribution is 0.182. The van der Waals surface area contributed by atoms with Crippen LogP contribution < -0.4 is 5.73 Å². The minimum Gasteiger partial charge on any atom is -0.381 e. The molecule has 0 aliphatic carbocycles. The van der Waals surface area contributed by atoms with Crippen LogP contribution in [-0.2, 0) is 17.7 Å². The average Bonchev–Trinajstić information content (AvgIpc) is 2.80. The van der Waals surface area contributed by atoms with Gasteiger partial charge in [0.15, 0.2) is 0 Å². The topological polar surface area (TPSA) is 53.1 Å². The van der Waals surface area contributed by atoms with Gasteiger partial charge in [0, 0.05) is 37.4 Å². The number of hydrogen-bond donors (Lipinski definition) is 1. The van der Waals surface area contributed by atoms with Crippen LogP contribution in [0.5, 0.6) is 0 Å². The Hall–Kier alpha value is -0.870. The molecule has 1 aliphatic rings. The average molecular weight is 195 g/mol. The third-order valence-electron chi connectivity index (χ3n) is 2.68. The maximum atomic E-state index is 5.53. The Morgan fingerprint density at radius 3 is 3.29 bits per heavy atom. The van der Waals surface area contributed by atoms with Crippen molar-refractivity contribution in [1.82, 2.24) is 9.55 Å². The van der Waals surface area contributed by atoms with E-state index in [1.807, 2.05) is 12.5 Å². The Morgan fingerprint density at radius 2 is 2.57 bits per heavy atom. The fraction of sp³-hybridized carbons (Fsp3) is 0.700. The van der Waals surface area contributed by atoms with Gasteiger partial charge in [0.2, 0.25) is 0 Å². The molecule has 1 unspecified atom stereocenters. The van der Waals surface area contributed by atoms with E-state index >= 15 is 0 Å². The van der Waals surface area contributed by atoms with E-state index in [9.17, 15) is 0 Å². The van der Waals surface area contributed by atoms with Gasteiger partial charge in [-0.1, -0.05) is 0 Å². The largest absolute Gasteiger partial charge is 0.381 e. The third kappa shape index (κ3) is 2.13. The van der Waals surface area contributed by atoms with E-state index in [4.69, 9.17) is 10.5 Å². The van der Waals surface area contributed by atoms with E-state index in [0.717, 1.165) is 26.2 Å². The molecule has 0 saturated carbocycles. The molecule has 0 bridgehead atoms. The number of rotatable bonds is 4. The summed E-state index contributed by atoms with van der Waals surface area (Å²) in [6.45, 7) is 3.51. The molecule has 2 N–H and O–H groups in total. The van der Waals surface area contributed by atoms with Crippen molar-refractivity contribution < 1.29 is 4.74 Å². The zero-order valence-electron chi connectivity index (χ0n) is 8.35. The van der Waals surface area contributed by atoms with Gasteiger partial charge < -0.3 is 15.0 Å². The SMILES string of the molecule is NCCc1cncn1CC1CCOC1. The molecule has 1 aliphatic heterocycles. The summed E-state index contributed by atoms with van der Waals surface area (Å²) in [7, 11) is 0. The standard InChI is InChI=1S/C10H17N3O/c11-3-1-10-5-12-8-13(10)6-9-2-4-14-7-9/h5,8-9H,1-4,6-7,11H2. The molecule has 1 saturated heterocycles. The van der Waals surface area contributed by atoms with Crippen molar-refractivity contribution in [2.24, 2.45) is 11.7 Å². The molecule has 4 nitrogen and oxygen atoms in total. The Balaban J connectivity index is 1.96. The lowest BCUT2D eigenvalue weighted by atomic mass is 10.1. The summed E-state index contributed by atoms with van der Waals surface area (Å²) in [6.07, 6.45) is 5.87. The van der Waals surface area contributed by atoms with Crippen molar-refractivity contribution in [1.29, 1.82) is 0 Å². The van der Waals surface area contributed by atoms with Crippen molar-refractivity contribution in [3.8, 4) is 0 Å². The maximum absolute atomic E-state index is 5.53. The first-order chi connectivity index (χ1) is 6.90. The smallest absolute Gasteiger partial charge is 0.0948 e. The monoisotopic (exact) mass is 195 g/mol. The quantitative estimate of drug-likeness (QED) is 0.757. The Kier molecular flexibility index (Phi) is 3.16. The molecule has 2 heterocycles. The van der Waals surface area contributed by atoms with E-state index in [-0.39, 0.29) is 0 Å². The second-order valence-electron chi connectivity index (χ2n) is 3.81. The summed E-state index contributed by atoms with van der Waals surface area (Å²) in [5.74, 6) is 0.653. The summed E-state index contributed by atoms with van der Waals surface area (Å²) >= 11 is 0. The zero-order valence-corrected chi connectivity index (χ0v) is 8.35. The van der Waals surface area contributed by atoms with Crippen LogP contribution in [0.1, 0.15) is 12.1 Å². The predicted molar refractivity (Wildman–Crippen MR) is 53.9 cm³/mol.